The zero-order valence-corrected chi connectivity index (χ0v) is 14.1. The van der Waals surface area contributed by atoms with Crippen LogP contribution >= 0.6 is 11.6 Å². The van der Waals surface area contributed by atoms with Crippen LogP contribution in [0.15, 0.2) is 77.9 Å². The average molecular weight is 367 g/mol. The number of para-hydroxylation sites is 1. The van der Waals surface area contributed by atoms with Crippen LogP contribution in [-0.4, -0.2) is 19.6 Å². The summed E-state index contributed by atoms with van der Waals surface area (Å²) in [7, 11) is 0. The van der Waals surface area contributed by atoms with Crippen molar-refractivity contribution in [1.29, 1.82) is 0 Å². The number of hydrogen-bond donors (Lipinski definition) is 0. The molecular formula is C19H12ClFN4O. The molecule has 26 heavy (non-hydrogen) atoms. The lowest BCUT2D eigenvalue weighted by atomic mass is 10.2. The molecule has 7 heteroatoms. The van der Waals surface area contributed by atoms with Gasteiger partial charge in [-0.05, 0) is 36.4 Å². The SMILES string of the molecule is O=c1ccn(-c2ccc(Cl)cc2F)nc1-c1ccnn1-c1ccccc1. The molecule has 0 fully saturated rings. The summed E-state index contributed by atoms with van der Waals surface area (Å²) < 4.78 is 17.1. The predicted molar refractivity (Wildman–Crippen MR) is 97.4 cm³/mol. The molecule has 4 rings (SSSR count). The van der Waals surface area contributed by atoms with Crippen LogP contribution in [0.3, 0.4) is 0 Å². The minimum absolute atomic E-state index is 0.170. The van der Waals surface area contributed by atoms with Gasteiger partial charge < -0.3 is 0 Å². The molecule has 0 amide bonds. The third-order valence-electron chi connectivity index (χ3n) is 3.85. The molecule has 0 N–H and O–H groups in total. The van der Waals surface area contributed by atoms with Gasteiger partial charge in [0.1, 0.15) is 11.5 Å². The van der Waals surface area contributed by atoms with Crippen molar-refractivity contribution < 1.29 is 4.39 Å². The van der Waals surface area contributed by atoms with Gasteiger partial charge in [-0.25, -0.2) is 13.8 Å². The van der Waals surface area contributed by atoms with Gasteiger partial charge in [0.05, 0.1) is 17.6 Å². The van der Waals surface area contributed by atoms with E-state index in [0.717, 1.165) is 5.69 Å². The van der Waals surface area contributed by atoms with Gasteiger partial charge >= 0.3 is 0 Å². The van der Waals surface area contributed by atoms with E-state index in [1.54, 1.807) is 23.0 Å². The molecule has 128 valence electrons. The molecule has 0 radical (unpaired) electrons. The Kier molecular flexibility index (Phi) is 4.10. The molecule has 0 aliphatic heterocycles. The summed E-state index contributed by atoms with van der Waals surface area (Å²) in [5, 5.41) is 8.88. The second kappa shape index (κ2) is 6.57. The molecule has 4 aromatic rings. The molecule has 2 aromatic heterocycles. The normalized spacial score (nSPS) is 10.8. The first kappa shape index (κ1) is 16.2. The lowest BCUT2D eigenvalue weighted by Gasteiger charge is -2.10. The summed E-state index contributed by atoms with van der Waals surface area (Å²) in [5.74, 6) is -0.531. The van der Waals surface area contributed by atoms with E-state index in [1.165, 1.54) is 29.1 Å². The average Bonchev–Trinajstić information content (AvgIpc) is 3.13. The summed E-state index contributed by atoms with van der Waals surface area (Å²) in [6, 6.07) is 16.7. The summed E-state index contributed by atoms with van der Waals surface area (Å²) in [4.78, 5) is 12.4. The maximum Gasteiger partial charge on any atom is 0.209 e. The Labute approximate surface area is 152 Å². The second-order valence-corrected chi connectivity index (χ2v) is 5.97. The number of hydrogen-bond acceptors (Lipinski definition) is 3. The lowest BCUT2D eigenvalue weighted by molar-refractivity contribution is 0.609. The highest BCUT2D eigenvalue weighted by atomic mass is 35.5. The van der Waals surface area contributed by atoms with Crippen molar-refractivity contribution in [2.75, 3.05) is 0 Å². The van der Waals surface area contributed by atoms with Gasteiger partial charge in [-0.2, -0.15) is 10.2 Å². The van der Waals surface area contributed by atoms with Gasteiger partial charge in [-0.1, -0.05) is 29.8 Å². The minimum atomic E-state index is -0.531. The van der Waals surface area contributed by atoms with Crippen LogP contribution in [0.2, 0.25) is 5.02 Å². The van der Waals surface area contributed by atoms with E-state index in [2.05, 4.69) is 10.2 Å². The topological polar surface area (TPSA) is 52.7 Å². The van der Waals surface area contributed by atoms with Crippen LogP contribution in [0, 0.1) is 5.82 Å². The minimum Gasteiger partial charge on any atom is -0.287 e. The Hall–Kier alpha value is -3.25. The molecule has 0 atom stereocenters. The largest absolute Gasteiger partial charge is 0.287 e. The smallest absolute Gasteiger partial charge is 0.209 e. The Morgan fingerprint density at radius 2 is 1.81 bits per heavy atom. The van der Waals surface area contributed by atoms with Crippen LogP contribution in [0.5, 0.6) is 0 Å². The fourth-order valence-electron chi connectivity index (χ4n) is 2.64. The van der Waals surface area contributed by atoms with Crippen LogP contribution < -0.4 is 5.43 Å². The van der Waals surface area contributed by atoms with Crippen molar-refractivity contribution in [3.05, 3.63) is 94.1 Å². The van der Waals surface area contributed by atoms with Gasteiger partial charge in [0, 0.05) is 17.3 Å². The van der Waals surface area contributed by atoms with E-state index in [4.69, 9.17) is 11.6 Å². The molecule has 0 unspecified atom stereocenters. The summed E-state index contributed by atoms with van der Waals surface area (Å²) in [5.41, 5.74) is 1.39. The summed E-state index contributed by atoms with van der Waals surface area (Å²) >= 11 is 5.80. The molecule has 2 heterocycles. The Balaban J connectivity index is 1.87. The van der Waals surface area contributed by atoms with Crippen molar-refractivity contribution in [3.63, 3.8) is 0 Å². The van der Waals surface area contributed by atoms with Gasteiger partial charge in [0.25, 0.3) is 0 Å². The second-order valence-electron chi connectivity index (χ2n) is 5.53. The molecule has 0 saturated carbocycles. The van der Waals surface area contributed by atoms with Gasteiger partial charge in [0.2, 0.25) is 5.43 Å². The van der Waals surface area contributed by atoms with Crippen molar-refractivity contribution in [3.8, 4) is 22.8 Å². The standard InChI is InChI=1S/C19H12ClFN4O/c20-13-6-7-16(15(21)12-13)24-11-9-18(26)19(23-24)17-8-10-22-25(17)14-4-2-1-3-5-14/h1-12H. The van der Waals surface area contributed by atoms with Gasteiger partial charge in [-0.15, -0.1) is 0 Å². The van der Waals surface area contributed by atoms with E-state index >= 15 is 0 Å². The summed E-state index contributed by atoms with van der Waals surface area (Å²) in [6.45, 7) is 0. The molecule has 2 aromatic carbocycles. The van der Waals surface area contributed by atoms with Crippen LogP contribution in [0.1, 0.15) is 0 Å². The number of rotatable bonds is 3. The third kappa shape index (κ3) is 2.91. The predicted octanol–water partition coefficient (Wildman–Crippen LogP) is 3.88. The van der Waals surface area contributed by atoms with Gasteiger partial charge in [0.15, 0.2) is 5.69 Å². The molecule has 5 nitrogen and oxygen atoms in total. The van der Waals surface area contributed by atoms with Crippen molar-refractivity contribution in [2.24, 2.45) is 0 Å². The number of aromatic nitrogens is 4. The Bertz CT molecular complexity index is 1140. The van der Waals surface area contributed by atoms with E-state index in [1.807, 2.05) is 30.3 Å². The zero-order valence-electron chi connectivity index (χ0n) is 13.4. The van der Waals surface area contributed by atoms with Crippen molar-refractivity contribution in [1.82, 2.24) is 19.6 Å². The highest BCUT2D eigenvalue weighted by Gasteiger charge is 2.14. The quantitative estimate of drug-likeness (QED) is 0.553. The van der Waals surface area contributed by atoms with Crippen LogP contribution in [0.4, 0.5) is 4.39 Å². The molecule has 0 saturated heterocycles. The number of halogens is 2. The molecule has 0 spiro atoms. The van der Waals surface area contributed by atoms with E-state index in [0.29, 0.717) is 5.69 Å². The van der Waals surface area contributed by atoms with Gasteiger partial charge in [-0.3, -0.25) is 4.79 Å². The number of nitrogens with zero attached hydrogens (tertiary/aromatic N) is 4. The van der Waals surface area contributed by atoms with Crippen LogP contribution in [0.25, 0.3) is 22.8 Å². The van der Waals surface area contributed by atoms with E-state index < -0.39 is 5.82 Å². The molecule has 0 aliphatic rings. The molecule has 0 bridgehead atoms. The van der Waals surface area contributed by atoms with Crippen molar-refractivity contribution >= 4 is 11.6 Å². The summed E-state index contributed by atoms with van der Waals surface area (Å²) in [6.07, 6.45) is 3.01. The molecular weight excluding hydrogens is 355 g/mol. The van der Waals surface area contributed by atoms with Crippen molar-refractivity contribution in [2.45, 2.75) is 0 Å². The highest BCUT2D eigenvalue weighted by molar-refractivity contribution is 6.30. The first-order valence-corrected chi connectivity index (χ1v) is 8.16. The highest BCUT2D eigenvalue weighted by Crippen LogP contribution is 2.20. The maximum atomic E-state index is 14.2. The first-order chi connectivity index (χ1) is 12.6. The Morgan fingerprint density at radius 3 is 2.58 bits per heavy atom. The number of benzene rings is 2. The van der Waals surface area contributed by atoms with E-state index in [9.17, 15) is 9.18 Å². The lowest BCUT2D eigenvalue weighted by Crippen LogP contribution is -2.15. The molecule has 0 aliphatic carbocycles. The third-order valence-corrected chi connectivity index (χ3v) is 4.09. The zero-order chi connectivity index (χ0) is 18.1. The maximum absolute atomic E-state index is 14.2. The first-order valence-electron chi connectivity index (χ1n) is 7.79. The fraction of sp³-hybridized carbons (Fsp3) is 0. The fourth-order valence-corrected chi connectivity index (χ4v) is 2.80. The van der Waals surface area contributed by atoms with Crippen LogP contribution in [-0.2, 0) is 0 Å². The Morgan fingerprint density at radius 1 is 1.00 bits per heavy atom. The monoisotopic (exact) mass is 366 g/mol. The van der Waals surface area contributed by atoms with E-state index in [-0.39, 0.29) is 21.8 Å².